The number of carbonyl (C=O) groups is 1. The highest BCUT2D eigenvalue weighted by Gasteiger charge is 2.47. The van der Waals surface area contributed by atoms with Crippen LogP contribution in [0.3, 0.4) is 0 Å². The Morgan fingerprint density at radius 1 is 1.20 bits per heavy atom. The van der Waals surface area contributed by atoms with Gasteiger partial charge in [-0.15, -0.1) is 0 Å². The van der Waals surface area contributed by atoms with E-state index in [4.69, 9.17) is 21.2 Å². The molecule has 9 nitrogen and oxygen atoms in total. The first-order valence-corrected chi connectivity index (χ1v) is 16.8. The van der Waals surface area contributed by atoms with Crippen molar-refractivity contribution in [2.45, 2.75) is 95.2 Å². The van der Waals surface area contributed by atoms with E-state index in [0.717, 1.165) is 67.4 Å². The standard InChI is InChI=1S/C37H50N4O5/c1-2-3-4-8-29(43)19-30(44)11-9-25-10-12-34(45)35(17-25)46-24-41-22-31-32(21-40-33(31)23-41)37(15-13-26(20-37)14-16-42)28-7-5-6-27(18-28)36(38)39/h5-7,10,12,17-18,21-22,26,29,36,42-43,45H,2-4,8-9,11,13-16,19-20,23-24,38-39H2,1H3/t26-,29-,37-/m1/s1. The zero-order valence-electron chi connectivity index (χ0n) is 27.0. The molecular weight excluding hydrogens is 580 g/mol. The quantitative estimate of drug-likeness (QED) is 0.119. The number of phenolic OH excluding ortho intramolecular Hbond substituents is 1. The summed E-state index contributed by atoms with van der Waals surface area (Å²) in [6.45, 7) is 3.11. The second-order valence-electron chi connectivity index (χ2n) is 13.2. The van der Waals surface area contributed by atoms with Gasteiger partial charge in [0.2, 0.25) is 0 Å². The number of rotatable bonds is 17. The first-order valence-electron chi connectivity index (χ1n) is 16.8. The van der Waals surface area contributed by atoms with Crippen LogP contribution in [-0.2, 0) is 16.6 Å². The predicted octanol–water partition coefficient (Wildman–Crippen LogP) is 5.14. The average molecular weight is 631 g/mol. The highest BCUT2D eigenvalue weighted by atomic mass is 16.5. The van der Waals surface area contributed by atoms with Crippen molar-refractivity contribution in [1.82, 2.24) is 4.90 Å². The number of aryl methyl sites for hydroxylation is 1. The molecule has 1 fully saturated rings. The Balaban J connectivity index is 1.24. The number of aliphatic imine (C=N–C) groups is 1. The normalized spacial score (nSPS) is 21.3. The number of phenols is 1. The van der Waals surface area contributed by atoms with E-state index >= 15 is 0 Å². The number of allylic oxidation sites excluding steroid dienone is 1. The number of carbonyl (C=O) groups excluding carboxylic acids is 1. The van der Waals surface area contributed by atoms with E-state index in [1.807, 2.05) is 18.3 Å². The predicted molar refractivity (Wildman–Crippen MR) is 180 cm³/mol. The van der Waals surface area contributed by atoms with Crippen LogP contribution in [0, 0.1) is 5.92 Å². The molecule has 2 heterocycles. The molecule has 0 spiro atoms. The van der Waals surface area contributed by atoms with Crippen molar-refractivity contribution in [3.8, 4) is 11.5 Å². The molecule has 3 atom stereocenters. The molecule has 248 valence electrons. The third-order valence-corrected chi connectivity index (χ3v) is 9.82. The Labute approximate surface area is 272 Å². The number of aliphatic hydroxyl groups excluding tert-OH is 2. The second kappa shape index (κ2) is 15.4. The molecule has 1 aliphatic carbocycles. The van der Waals surface area contributed by atoms with Gasteiger partial charge in [0.1, 0.15) is 5.78 Å². The van der Waals surface area contributed by atoms with Gasteiger partial charge in [0.15, 0.2) is 18.2 Å². The molecule has 5 rings (SSSR count). The van der Waals surface area contributed by atoms with Crippen LogP contribution in [0.2, 0.25) is 0 Å². The largest absolute Gasteiger partial charge is 0.504 e. The minimum absolute atomic E-state index is 0.0414. The second-order valence-corrected chi connectivity index (χ2v) is 13.2. The maximum atomic E-state index is 12.4. The Bertz CT molecular complexity index is 1470. The fourth-order valence-corrected chi connectivity index (χ4v) is 7.24. The number of hydrogen-bond donors (Lipinski definition) is 5. The fraction of sp³-hybridized carbons (Fsp3) is 0.514. The molecular formula is C37H50N4O5. The van der Waals surface area contributed by atoms with Gasteiger partial charge in [-0.1, -0.05) is 56.5 Å². The molecule has 2 aromatic rings. The van der Waals surface area contributed by atoms with Gasteiger partial charge in [0.05, 0.1) is 24.5 Å². The van der Waals surface area contributed by atoms with E-state index in [2.05, 4.69) is 30.2 Å². The van der Waals surface area contributed by atoms with Crippen molar-refractivity contribution in [3.05, 3.63) is 82.7 Å². The number of benzene rings is 2. The van der Waals surface area contributed by atoms with Crippen LogP contribution in [-0.4, -0.2) is 57.7 Å². The molecule has 0 saturated heterocycles. The van der Waals surface area contributed by atoms with Crippen LogP contribution in [0.4, 0.5) is 0 Å². The third-order valence-electron chi connectivity index (χ3n) is 9.82. The molecule has 2 aromatic carbocycles. The molecule has 0 unspecified atom stereocenters. The van der Waals surface area contributed by atoms with Crippen LogP contribution >= 0.6 is 0 Å². The minimum Gasteiger partial charge on any atom is -0.504 e. The van der Waals surface area contributed by atoms with Gasteiger partial charge in [-0.2, -0.15) is 0 Å². The molecule has 2 aliphatic heterocycles. The topological polar surface area (TPSA) is 155 Å². The van der Waals surface area contributed by atoms with Crippen LogP contribution < -0.4 is 16.2 Å². The van der Waals surface area contributed by atoms with Crippen molar-refractivity contribution in [2.75, 3.05) is 19.9 Å². The van der Waals surface area contributed by atoms with Crippen LogP contribution in [0.1, 0.15) is 94.0 Å². The Hall–Kier alpha value is -3.50. The average Bonchev–Trinajstić information content (AvgIpc) is 3.76. The first kappa shape index (κ1) is 33.9. The van der Waals surface area contributed by atoms with Gasteiger partial charge in [0.25, 0.3) is 0 Å². The molecule has 1 saturated carbocycles. The number of ether oxygens (including phenoxy) is 1. The summed E-state index contributed by atoms with van der Waals surface area (Å²) in [6.07, 6.45) is 11.4. The summed E-state index contributed by atoms with van der Waals surface area (Å²) >= 11 is 0. The lowest BCUT2D eigenvalue weighted by atomic mass is 9.69. The number of ketones is 1. The molecule has 46 heavy (non-hydrogen) atoms. The van der Waals surface area contributed by atoms with Crippen molar-refractivity contribution < 1.29 is 24.9 Å². The summed E-state index contributed by atoms with van der Waals surface area (Å²) in [4.78, 5) is 19.3. The van der Waals surface area contributed by atoms with Gasteiger partial charge < -0.3 is 36.4 Å². The van der Waals surface area contributed by atoms with Crippen LogP contribution in [0.25, 0.3) is 0 Å². The van der Waals surface area contributed by atoms with Crippen molar-refractivity contribution >= 4 is 11.5 Å². The van der Waals surface area contributed by atoms with Gasteiger partial charge in [-0.3, -0.25) is 9.79 Å². The molecule has 0 aromatic heterocycles. The van der Waals surface area contributed by atoms with Crippen LogP contribution in [0.5, 0.6) is 11.5 Å². The maximum absolute atomic E-state index is 12.4. The highest BCUT2D eigenvalue weighted by Crippen LogP contribution is 2.54. The SMILES string of the molecule is CCCCC[C@@H](O)CC(=O)CCc1ccc(O)c(OCN2C=C3C([C@]4(c5cccc(C(N)N)c5)CC[C@H](CCO)C4)=CN=C3C2)c1. The van der Waals surface area contributed by atoms with E-state index in [1.54, 1.807) is 18.2 Å². The van der Waals surface area contributed by atoms with E-state index in [-0.39, 0.29) is 36.7 Å². The van der Waals surface area contributed by atoms with Gasteiger partial charge in [-0.25, -0.2) is 0 Å². The molecule has 0 amide bonds. The lowest BCUT2D eigenvalue weighted by molar-refractivity contribution is -0.121. The van der Waals surface area contributed by atoms with E-state index in [1.165, 1.54) is 11.1 Å². The van der Waals surface area contributed by atoms with Gasteiger partial charge in [-0.05, 0) is 78.8 Å². The van der Waals surface area contributed by atoms with Crippen molar-refractivity contribution in [3.63, 3.8) is 0 Å². The molecule has 9 heteroatoms. The van der Waals surface area contributed by atoms with Gasteiger partial charge >= 0.3 is 0 Å². The summed E-state index contributed by atoms with van der Waals surface area (Å²) < 4.78 is 6.09. The number of nitrogens with two attached hydrogens (primary N) is 2. The maximum Gasteiger partial charge on any atom is 0.163 e. The molecule has 0 bridgehead atoms. The van der Waals surface area contributed by atoms with Crippen molar-refractivity contribution in [2.24, 2.45) is 22.4 Å². The van der Waals surface area contributed by atoms with Crippen LogP contribution in [0.15, 0.2) is 71.0 Å². The lowest BCUT2D eigenvalue weighted by Gasteiger charge is -2.33. The van der Waals surface area contributed by atoms with E-state index in [9.17, 15) is 20.1 Å². The number of Topliss-reactive ketones (excluding diaryl/α,β-unsaturated/α-hetero) is 1. The van der Waals surface area contributed by atoms with E-state index < -0.39 is 12.3 Å². The molecule has 0 radical (unpaired) electrons. The fourth-order valence-electron chi connectivity index (χ4n) is 7.24. The number of unbranched alkanes of at least 4 members (excludes halogenated alkanes) is 2. The summed E-state index contributed by atoms with van der Waals surface area (Å²) in [5, 5.41) is 30.4. The monoisotopic (exact) mass is 630 g/mol. The Morgan fingerprint density at radius 2 is 2.04 bits per heavy atom. The zero-order valence-corrected chi connectivity index (χ0v) is 27.0. The number of aromatic hydroxyl groups is 1. The first-order chi connectivity index (χ1) is 22.2. The molecule has 3 aliphatic rings. The smallest absolute Gasteiger partial charge is 0.163 e. The van der Waals surface area contributed by atoms with Crippen molar-refractivity contribution in [1.29, 1.82) is 0 Å². The Morgan fingerprint density at radius 3 is 2.83 bits per heavy atom. The summed E-state index contributed by atoms with van der Waals surface area (Å²) in [6, 6.07) is 13.5. The van der Waals surface area contributed by atoms with E-state index in [0.29, 0.717) is 37.5 Å². The summed E-state index contributed by atoms with van der Waals surface area (Å²) in [5.74, 6) is 0.865. The number of aliphatic hydroxyl groups is 2. The minimum atomic E-state index is -0.577. The Kier molecular flexibility index (Phi) is 11.3. The number of hydrogen-bond acceptors (Lipinski definition) is 9. The van der Waals surface area contributed by atoms with Gasteiger partial charge in [0, 0.05) is 42.8 Å². The summed E-state index contributed by atoms with van der Waals surface area (Å²) in [5.41, 5.74) is 18.1. The third kappa shape index (κ3) is 7.89. The number of fused-ring (bicyclic) bond motifs is 1. The zero-order chi connectivity index (χ0) is 32.7. The summed E-state index contributed by atoms with van der Waals surface area (Å²) in [7, 11) is 0. The number of nitrogens with zero attached hydrogens (tertiary/aromatic N) is 2. The lowest BCUT2D eigenvalue weighted by Crippen LogP contribution is -2.28. The molecule has 7 N–H and O–H groups in total. The highest BCUT2D eigenvalue weighted by molar-refractivity contribution is 6.10.